The predicted octanol–water partition coefficient (Wildman–Crippen LogP) is 2.96. The molecule has 1 N–H and O–H groups in total. The zero-order valence-electron chi connectivity index (χ0n) is 13.4. The van der Waals surface area contributed by atoms with Crippen molar-refractivity contribution in [2.75, 3.05) is 6.61 Å². The first-order chi connectivity index (χ1) is 11.0. The lowest BCUT2D eigenvalue weighted by Gasteiger charge is -2.31. The average Bonchev–Trinajstić information content (AvgIpc) is 2.54. The smallest absolute Gasteiger partial charge is 0.265 e. The summed E-state index contributed by atoms with van der Waals surface area (Å²) in [5, 5.41) is 3.06. The molecule has 0 spiro atoms. The number of hydrogen-bond acceptors (Lipinski definition) is 3. The van der Waals surface area contributed by atoms with Crippen LogP contribution in [-0.2, 0) is 11.2 Å². The lowest BCUT2D eigenvalue weighted by atomic mass is 9.94. The Hall–Kier alpha value is -2.49. The van der Waals surface area contributed by atoms with Gasteiger partial charge in [-0.25, -0.2) is 0 Å². The molecule has 0 saturated heterocycles. The molecule has 1 aliphatic rings. The first kappa shape index (κ1) is 15.4. The maximum atomic E-state index is 12.5. The Morgan fingerprint density at radius 1 is 1.09 bits per heavy atom. The molecule has 0 aliphatic carbocycles. The Labute approximate surface area is 136 Å². The quantitative estimate of drug-likeness (QED) is 0.944. The second-order valence-corrected chi connectivity index (χ2v) is 6.40. The maximum Gasteiger partial charge on any atom is 0.265 e. The highest BCUT2D eigenvalue weighted by molar-refractivity contribution is 5.82. The third-order valence-electron chi connectivity index (χ3n) is 3.75. The Bertz CT molecular complexity index is 682. The number of fused-ring (bicyclic) bond motifs is 1. The van der Waals surface area contributed by atoms with E-state index in [1.54, 1.807) is 0 Å². The summed E-state index contributed by atoms with van der Waals surface area (Å²) in [6.45, 7) is 4.25. The molecule has 3 rings (SSSR count). The fraction of sp³-hybridized carbons (Fsp3) is 0.316. The van der Waals surface area contributed by atoms with Gasteiger partial charge in [0, 0.05) is 5.54 Å². The molecule has 0 unspecified atom stereocenters. The number of carbonyl (C=O) groups is 1. The van der Waals surface area contributed by atoms with Gasteiger partial charge in [-0.1, -0.05) is 42.5 Å². The van der Waals surface area contributed by atoms with Crippen molar-refractivity contribution < 1.29 is 14.3 Å². The van der Waals surface area contributed by atoms with E-state index in [1.165, 1.54) is 5.56 Å². The number of amides is 1. The molecule has 1 atom stereocenters. The summed E-state index contributed by atoms with van der Waals surface area (Å²) in [5.74, 6) is 1.14. The van der Waals surface area contributed by atoms with E-state index in [0.717, 1.165) is 6.42 Å². The molecule has 4 nitrogen and oxygen atoms in total. The molecule has 1 aliphatic heterocycles. The van der Waals surface area contributed by atoms with E-state index in [0.29, 0.717) is 11.5 Å². The summed E-state index contributed by atoms with van der Waals surface area (Å²) in [7, 11) is 0. The van der Waals surface area contributed by atoms with Crippen LogP contribution in [0.4, 0.5) is 0 Å². The summed E-state index contributed by atoms with van der Waals surface area (Å²) in [5.41, 5.74) is 0.822. The molecule has 2 aromatic carbocycles. The summed E-state index contributed by atoms with van der Waals surface area (Å²) in [6.07, 6.45) is 0.129. The Morgan fingerprint density at radius 3 is 2.48 bits per heavy atom. The van der Waals surface area contributed by atoms with Crippen LogP contribution in [0.1, 0.15) is 19.4 Å². The fourth-order valence-corrected chi connectivity index (χ4v) is 2.71. The Kier molecular flexibility index (Phi) is 4.24. The van der Waals surface area contributed by atoms with Gasteiger partial charge in [0.05, 0.1) is 0 Å². The van der Waals surface area contributed by atoms with Gasteiger partial charge >= 0.3 is 0 Å². The van der Waals surface area contributed by atoms with Crippen LogP contribution >= 0.6 is 0 Å². The monoisotopic (exact) mass is 311 g/mol. The SMILES string of the molecule is CC(C)(Cc1ccccc1)NC(=O)[C@H]1COc2ccccc2O1. The van der Waals surface area contributed by atoms with Crippen molar-refractivity contribution in [1.29, 1.82) is 0 Å². The topological polar surface area (TPSA) is 47.6 Å². The molecule has 23 heavy (non-hydrogen) atoms. The lowest BCUT2D eigenvalue weighted by Crippen LogP contribution is -2.52. The van der Waals surface area contributed by atoms with Crippen LogP contribution in [0, 0.1) is 0 Å². The highest BCUT2D eigenvalue weighted by Crippen LogP contribution is 2.31. The standard InChI is InChI=1S/C19H21NO3/c1-19(2,12-14-8-4-3-5-9-14)20-18(21)17-13-22-15-10-6-7-11-16(15)23-17/h3-11,17H,12-13H2,1-2H3,(H,20,21)/t17-/m1/s1. The number of rotatable bonds is 4. The van der Waals surface area contributed by atoms with Crippen LogP contribution < -0.4 is 14.8 Å². The van der Waals surface area contributed by atoms with Crippen molar-refractivity contribution >= 4 is 5.91 Å². The van der Waals surface area contributed by atoms with Crippen LogP contribution in [0.3, 0.4) is 0 Å². The van der Waals surface area contributed by atoms with Gasteiger partial charge in [0.15, 0.2) is 11.5 Å². The highest BCUT2D eigenvalue weighted by Gasteiger charge is 2.31. The van der Waals surface area contributed by atoms with Gasteiger partial charge in [0.25, 0.3) is 5.91 Å². The predicted molar refractivity (Wildman–Crippen MR) is 88.7 cm³/mol. The van der Waals surface area contributed by atoms with Crippen LogP contribution in [0.2, 0.25) is 0 Å². The third-order valence-corrected chi connectivity index (χ3v) is 3.75. The molecule has 2 aromatic rings. The van der Waals surface area contributed by atoms with Gasteiger partial charge in [-0.2, -0.15) is 0 Å². The highest BCUT2D eigenvalue weighted by atomic mass is 16.6. The summed E-state index contributed by atoms with van der Waals surface area (Å²) >= 11 is 0. The second-order valence-electron chi connectivity index (χ2n) is 6.40. The van der Waals surface area contributed by atoms with Gasteiger partial charge < -0.3 is 14.8 Å². The minimum Gasteiger partial charge on any atom is -0.485 e. The summed E-state index contributed by atoms with van der Waals surface area (Å²) in [6, 6.07) is 17.5. The number of carbonyl (C=O) groups excluding carboxylic acids is 1. The zero-order valence-corrected chi connectivity index (χ0v) is 13.4. The second kappa shape index (κ2) is 6.32. The summed E-state index contributed by atoms with van der Waals surface area (Å²) in [4.78, 5) is 12.5. The molecule has 1 heterocycles. The molecule has 0 saturated carbocycles. The van der Waals surface area contributed by atoms with Crippen LogP contribution in [0.15, 0.2) is 54.6 Å². The maximum absolute atomic E-state index is 12.5. The molecule has 120 valence electrons. The molecule has 0 radical (unpaired) electrons. The first-order valence-corrected chi connectivity index (χ1v) is 7.78. The van der Waals surface area contributed by atoms with E-state index in [4.69, 9.17) is 9.47 Å². The normalized spacial score (nSPS) is 16.7. The van der Waals surface area contributed by atoms with Crippen molar-refractivity contribution in [3.63, 3.8) is 0 Å². The van der Waals surface area contributed by atoms with Gasteiger partial charge in [0.2, 0.25) is 6.10 Å². The van der Waals surface area contributed by atoms with E-state index < -0.39 is 6.10 Å². The van der Waals surface area contributed by atoms with E-state index in [-0.39, 0.29) is 18.1 Å². The molecular formula is C19H21NO3. The largest absolute Gasteiger partial charge is 0.485 e. The average molecular weight is 311 g/mol. The fourth-order valence-electron chi connectivity index (χ4n) is 2.71. The van der Waals surface area contributed by atoms with Gasteiger partial charge in [-0.15, -0.1) is 0 Å². The molecule has 0 aromatic heterocycles. The van der Waals surface area contributed by atoms with Crippen LogP contribution in [0.25, 0.3) is 0 Å². The van der Waals surface area contributed by atoms with Crippen molar-refractivity contribution in [3.8, 4) is 11.5 Å². The minimum atomic E-state index is -0.625. The number of para-hydroxylation sites is 2. The number of nitrogens with one attached hydrogen (secondary N) is 1. The number of ether oxygens (including phenoxy) is 2. The molecule has 0 fully saturated rings. The summed E-state index contributed by atoms with van der Waals surface area (Å²) < 4.78 is 11.4. The molecular weight excluding hydrogens is 290 g/mol. The first-order valence-electron chi connectivity index (χ1n) is 7.78. The lowest BCUT2D eigenvalue weighted by molar-refractivity contribution is -0.132. The van der Waals surface area contributed by atoms with Crippen LogP contribution in [0.5, 0.6) is 11.5 Å². The van der Waals surface area contributed by atoms with Crippen molar-refractivity contribution in [3.05, 3.63) is 60.2 Å². The molecule has 0 bridgehead atoms. The van der Waals surface area contributed by atoms with Crippen molar-refractivity contribution in [2.45, 2.75) is 31.9 Å². The Balaban J connectivity index is 1.63. The zero-order chi connectivity index (χ0) is 16.3. The van der Waals surface area contributed by atoms with E-state index in [1.807, 2.05) is 56.3 Å². The van der Waals surface area contributed by atoms with Crippen molar-refractivity contribution in [1.82, 2.24) is 5.32 Å². The number of benzene rings is 2. The van der Waals surface area contributed by atoms with Gasteiger partial charge in [-0.3, -0.25) is 4.79 Å². The van der Waals surface area contributed by atoms with Crippen LogP contribution in [-0.4, -0.2) is 24.2 Å². The van der Waals surface area contributed by atoms with Crippen molar-refractivity contribution in [2.24, 2.45) is 0 Å². The van der Waals surface area contributed by atoms with E-state index in [2.05, 4.69) is 17.4 Å². The molecule has 4 heteroatoms. The Morgan fingerprint density at radius 2 is 1.74 bits per heavy atom. The number of hydrogen-bond donors (Lipinski definition) is 1. The minimum absolute atomic E-state index is 0.152. The van der Waals surface area contributed by atoms with Gasteiger partial charge in [-0.05, 0) is 38.0 Å². The van der Waals surface area contributed by atoms with Gasteiger partial charge in [0.1, 0.15) is 6.61 Å². The van der Waals surface area contributed by atoms with E-state index in [9.17, 15) is 4.79 Å². The third kappa shape index (κ3) is 3.83. The molecule has 1 amide bonds. The van der Waals surface area contributed by atoms with E-state index >= 15 is 0 Å².